The lowest BCUT2D eigenvalue weighted by Crippen LogP contribution is -2.16. The maximum absolute atomic E-state index is 9.67. The molecule has 0 saturated carbocycles. The van der Waals surface area contributed by atoms with Crippen molar-refractivity contribution in [3.8, 4) is 0 Å². The van der Waals surface area contributed by atoms with E-state index in [9.17, 15) is 5.11 Å². The Hall–Kier alpha value is -0.860. The van der Waals surface area contributed by atoms with E-state index in [0.717, 1.165) is 5.56 Å². The fraction of sp³-hybridized carbons (Fsp3) is 0.455. The van der Waals surface area contributed by atoms with Gasteiger partial charge in [0, 0.05) is 6.54 Å². The number of aliphatic hydroxyl groups is 1. The van der Waals surface area contributed by atoms with Crippen LogP contribution in [0, 0.1) is 13.8 Å². The van der Waals surface area contributed by atoms with E-state index in [1.807, 2.05) is 25.2 Å². The molecule has 0 spiro atoms. The van der Waals surface area contributed by atoms with E-state index in [1.165, 1.54) is 11.1 Å². The smallest absolute Gasteiger partial charge is 0.0914 e. The van der Waals surface area contributed by atoms with Gasteiger partial charge in [0.15, 0.2) is 0 Å². The minimum absolute atomic E-state index is 0.399. The summed E-state index contributed by atoms with van der Waals surface area (Å²) in [5, 5.41) is 12.6. The van der Waals surface area contributed by atoms with Crippen molar-refractivity contribution in [3.05, 3.63) is 34.9 Å². The lowest BCUT2D eigenvalue weighted by atomic mass is 10.0. The van der Waals surface area contributed by atoms with Gasteiger partial charge in [-0.05, 0) is 37.6 Å². The van der Waals surface area contributed by atoms with Crippen molar-refractivity contribution >= 4 is 0 Å². The van der Waals surface area contributed by atoms with Gasteiger partial charge in [-0.2, -0.15) is 0 Å². The van der Waals surface area contributed by atoms with Crippen molar-refractivity contribution in [3.63, 3.8) is 0 Å². The molecule has 13 heavy (non-hydrogen) atoms. The molecule has 0 aliphatic rings. The van der Waals surface area contributed by atoms with E-state index < -0.39 is 6.10 Å². The SMILES string of the molecule is CNCC(O)c1ccc(C)c(C)c1. The van der Waals surface area contributed by atoms with Gasteiger partial charge in [0.25, 0.3) is 0 Å². The topological polar surface area (TPSA) is 32.3 Å². The molecular weight excluding hydrogens is 162 g/mol. The van der Waals surface area contributed by atoms with Gasteiger partial charge in [-0.1, -0.05) is 18.2 Å². The molecule has 0 aromatic heterocycles. The quantitative estimate of drug-likeness (QED) is 0.738. The fourth-order valence-corrected chi connectivity index (χ4v) is 1.28. The molecule has 0 heterocycles. The number of rotatable bonds is 3. The first kappa shape index (κ1) is 10.2. The summed E-state index contributed by atoms with van der Waals surface area (Å²) in [7, 11) is 1.84. The Morgan fingerprint density at radius 3 is 2.54 bits per heavy atom. The van der Waals surface area contributed by atoms with Gasteiger partial charge in [-0.25, -0.2) is 0 Å². The second-order valence-corrected chi connectivity index (χ2v) is 3.42. The van der Waals surface area contributed by atoms with Crippen LogP contribution in [0.2, 0.25) is 0 Å². The summed E-state index contributed by atoms with van der Waals surface area (Å²) in [6.07, 6.45) is -0.399. The Kier molecular flexibility index (Phi) is 3.46. The molecule has 1 aromatic rings. The minimum Gasteiger partial charge on any atom is -0.387 e. The summed E-state index contributed by atoms with van der Waals surface area (Å²) in [4.78, 5) is 0. The molecule has 0 saturated heterocycles. The van der Waals surface area contributed by atoms with Crippen molar-refractivity contribution in [1.29, 1.82) is 0 Å². The van der Waals surface area contributed by atoms with E-state index >= 15 is 0 Å². The van der Waals surface area contributed by atoms with Gasteiger partial charge in [0.05, 0.1) is 6.10 Å². The van der Waals surface area contributed by atoms with Crippen molar-refractivity contribution < 1.29 is 5.11 Å². The predicted molar refractivity (Wildman–Crippen MR) is 54.8 cm³/mol. The molecule has 0 aliphatic heterocycles. The Balaban J connectivity index is 2.84. The molecule has 0 fully saturated rings. The molecule has 0 aliphatic carbocycles. The number of hydrogen-bond donors (Lipinski definition) is 2. The maximum atomic E-state index is 9.67. The second-order valence-electron chi connectivity index (χ2n) is 3.42. The Morgan fingerprint density at radius 2 is 2.00 bits per heavy atom. The first-order chi connectivity index (χ1) is 6.15. The number of aryl methyl sites for hydroxylation is 2. The van der Waals surface area contributed by atoms with Crippen LogP contribution in [0.1, 0.15) is 22.8 Å². The van der Waals surface area contributed by atoms with Crippen molar-refractivity contribution in [1.82, 2.24) is 5.32 Å². The number of hydrogen-bond acceptors (Lipinski definition) is 2. The fourth-order valence-electron chi connectivity index (χ4n) is 1.28. The number of nitrogens with one attached hydrogen (secondary N) is 1. The summed E-state index contributed by atoms with van der Waals surface area (Å²) in [5.74, 6) is 0. The first-order valence-corrected chi connectivity index (χ1v) is 4.55. The van der Waals surface area contributed by atoms with E-state index in [2.05, 4.69) is 19.2 Å². The predicted octanol–water partition coefficient (Wildman–Crippen LogP) is 1.56. The molecule has 2 heteroatoms. The molecule has 0 bridgehead atoms. The van der Waals surface area contributed by atoms with Crippen LogP contribution in [0.25, 0.3) is 0 Å². The minimum atomic E-state index is -0.399. The molecule has 0 amide bonds. The van der Waals surface area contributed by atoms with Crippen LogP contribution in [-0.4, -0.2) is 18.7 Å². The number of benzene rings is 1. The van der Waals surface area contributed by atoms with Gasteiger partial charge >= 0.3 is 0 Å². The first-order valence-electron chi connectivity index (χ1n) is 4.55. The third-order valence-electron chi connectivity index (χ3n) is 2.31. The Bertz CT molecular complexity index is 283. The maximum Gasteiger partial charge on any atom is 0.0914 e. The van der Waals surface area contributed by atoms with E-state index in [4.69, 9.17) is 0 Å². The molecule has 1 unspecified atom stereocenters. The zero-order valence-corrected chi connectivity index (χ0v) is 8.46. The summed E-state index contributed by atoms with van der Waals surface area (Å²) < 4.78 is 0. The lowest BCUT2D eigenvalue weighted by Gasteiger charge is -2.11. The molecule has 2 nitrogen and oxygen atoms in total. The zero-order chi connectivity index (χ0) is 9.84. The van der Waals surface area contributed by atoms with Crippen LogP contribution in [0.5, 0.6) is 0 Å². The largest absolute Gasteiger partial charge is 0.387 e. The average Bonchev–Trinajstić information content (AvgIpc) is 2.10. The van der Waals surface area contributed by atoms with Crippen molar-refractivity contribution in [2.45, 2.75) is 20.0 Å². The van der Waals surface area contributed by atoms with E-state index in [1.54, 1.807) is 0 Å². The van der Waals surface area contributed by atoms with E-state index in [-0.39, 0.29) is 0 Å². The second kappa shape index (κ2) is 4.40. The van der Waals surface area contributed by atoms with Crippen LogP contribution < -0.4 is 5.32 Å². The highest BCUT2D eigenvalue weighted by molar-refractivity contribution is 5.31. The molecular formula is C11H17NO. The van der Waals surface area contributed by atoms with E-state index in [0.29, 0.717) is 6.54 Å². The van der Waals surface area contributed by atoms with Crippen molar-refractivity contribution in [2.75, 3.05) is 13.6 Å². The van der Waals surface area contributed by atoms with Gasteiger partial charge < -0.3 is 10.4 Å². The number of likely N-dealkylation sites (N-methyl/N-ethyl adjacent to an activating group) is 1. The Labute approximate surface area is 79.6 Å². The normalized spacial score (nSPS) is 12.9. The molecule has 1 rings (SSSR count). The zero-order valence-electron chi connectivity index (χ0n) is 8.46. The highest BCUT2D eigenvalue weighted by Crippen LogP contribution is 2.16. The highest BCUT2D eigenvalue weighted by Gasteiger charge is 2.06. The molecule has 0 radical (unpaired) electrons. The molecule has 1 atom stereocenters. The van der Waals surface area contributed by atoms with Crippen LogP contribution >= 0.6 is 0 Å². The third-order valence-corrected chi connectivity index (χ3v) is 2.31. The summed E-state index contributed by atoms with van der Waals surface area (Å²) in [6, 6.07) is 6.06. The van der Waals surface area contributed by atoms with Crippen LogP contribution in [-0.2, 0) is 0 Å². The average molecular weight is 179 g/mol. The van der Waals surface area contributed by atoms with Crippen LogP contribution in [0.15, 0.2) is 18.2 Å². The highest BCUT2D eigenvalue weighted by atomic mass is 16.3. The monoisotopic (exact) mass is 179 g/mol. The van der Waals surface area contributed by atoms with Crippen molar-refractivity contribution in [2.24, 2.45) is 0 Å². The number of aliphatic hydroxyl groups excluding tert-OH is 1. The van der Waals surface area contributed by atoms with Crippen LogP contribution in [0.4, 0.5) is 0 Å². The lowest BCUT2D eigenvalue weighted by molar-refractivity contribution is 0.177. The summed E-state index contributed by atoms with van der Waals surface area (Å²) in [5.41, 5.74) is 3.48. The van der Waals surface area contributed by atoms with Gasteiger partial charge in [0.2, 0.25) is 0 Å². The van der Waals surface area contributed by atoms with Crippen LogP contribution in [0.3, 0.4) is 0 Å². The molecule has 1 aromatic carbocycles. The molecule has 2 N–H and O–H groups in total. The third kappa shape index (κ3) is 2.54. The summed E-state index contributed by atoms with van der Waals surface area (Å²) >= 11 is 0. The standard InChI is InChI=1S/C11H17NO/c1-8-4-5-10(6-9(8)2)11(13)7-12-3/h4-6,11-13H,7H2,1-3H3. The van der Waals surface area contributed by atoms with Gasteiger partial charge in [-0.15, -0.1) is 0 Å². The summed E-state index contributed by atoms with van der Waals surface area (Å²) in [6.45, 7) is 4.73. The van der Waals surface area contributed by atoms with Gasteiger partial charge in [0.1, 0.15) is 0 Å². The molecule has 72 valence electrons. The Morgan fingerprint density at radius 1 is 1.31 bits per heavy atom. The van der Waals surface area contributed by atoms with Gasteiger partial charge in [-0.3, -0.25) is 0 Å².